The van der Waals surface area contributed by atoms with E-state index in [1.54, 1.807) is 14.2 Å². The van der Waals surface area contributed by atoms with Gasteiger partial charge in [-0.3, -0.25) is 4.98 Å². The predicted molar refractivity (Wildman–Crippen MR) is 189 cm³/mol. The highest BCUT2D eigenvalue weighted by Crippen LogP contribution is 2.36. The number of methoxy groups -OCH3 is 2. The summed E-state index contributed by atoms with van der Waals surface area (Å²) in [7, 11) is 3.29. The number of hydrogen-bond donors (Lipinski definition) is 1. The molecule has 0 saturated carbocycles. The van der Waals surface area contributed by atoms with Crippen molar-refractivity contribution in [2.24, 2.45) is 0 Å². The Kier molecular flexibility index (Phi) is 14.1. The van der Waals surface area contributed by atoms with E-state index in [0.29, 0.717) is 23.0 Å². The number of allylic oxidation sites excluding steroid dienone is 4. The maximum absolute atomic E-state index is 10.0. The van der Waals surface area contributed by atoms with E-state index in [2.05, 4.69) is 66.5 Å². The van der Waals surface area contributed by atoms with Gasteiger partial charge in [0.25, 0.3) is 0 Å². The van der Waals surface area contributed by atoms with Gasteiger partial charge in [-0.15, -0.1) is 0 Å². The summed E-state index contributed by atoms with van der Waals surface area (Å²) in [6.07, 6.45) is 27.6. The molecule has 0 aliphatic heterocycles. The van der Waals surface area contributed by atoms with Gasteiger partial charge < -0.3 is 14.5 Å². The molecular formula is C40H51N3O2. The van der Waals surface area contributed by atoms with Crippen LogP contribution in [0.2, 0.25) is 0 Å². The smallest absolute Gasteiger partial charge is 0.146 e. The molecule has 0 aliphatic carbocycles. The first-order valence-corrected chi connectivity index (χ1v) is 17.0. The molecular weight excluding hydrogens is 554 g/mol. The normalized spacial score (nSPS) is 12.6. The fraction of sp³-hybridized carbons (Fsp3) is 0.450. The lowest BCUT2D eigenvalue weighted by molar-refractivity contribution is 0.397. The Labute approximate surface area is 270 Å². The van der Waals surface area contributed by atoms with Gasteiger partial charge in [0.1, 0.15) is 11.5 Å². The van der Waals surface area contributed by atoms with Crippen LogP contribution in [-0.2, 0) is 0 Å². The second-order valence-electron chi connectivity index (χ2n) is 12.0. The lowest BCUT2D eigenvalue weighted by atomic mass is 9.89. The van der Waals surface area contributed by atoms with Gasteiger partial charge >= 0.3 is 0 Å². The Morgan fingerprint density at radius 2 is 1.62 bits per heavy atom. The summed E-state index contributed by atoms with van der Waals surface area (Å²) in [4.78, 5) is 8.20. The van der Waals surface area contributed by atoms with E-state index in [0.717, 1.165) is 55.0 Å². The number of benzene rings is 2. The molecule has 0 bridgehead atoms. The van der Waals surface area contributed by atoms with Crippen molar-refractivity contribution in [1.82, 2.24) is 9.97 Å². The molecule has 2 heterocycles. The number of hydrogen-bond acceptors (Lipinski definition) is 4. The van der Waals surface area contributed by atoms with E-state index >= 15 is 0 Å². The number of H-pyrrole nitrogens is 1. The SMILES string of the molecule is CCCCCCCC/C=C\CCCC(CCCC/C=C(\C#N)c1c[nH]c2c(OC)cc(OC)cc12)c1nccc2ccccc12. The molecule has 0 saturated heterocycles. The van der Waals surface area contributed by atoms with Crippen molar-refractivity contribution >= 4 is 27.2 Å². The van der Waals surface area contributed by atoms with Crippen LogP contribution in [0.3, 0.4) is 0 Å². The Morgan fingerprint density at radius 1 is 0.867 bits per heavy atom. The third-order valence-electron chi connectivity index (χ3n) is 8.85. The standard InChI is InChI=1S/C40H51N3O2/c1-4-5-6-7-8-9-10-11-12-13-15-21-32(39-35-24-19-18-20-31(35)25-26-42-39)22-16-14-17-23-33(29-41)37-30-43-40-36(37)27-34(44-2)28-38(40)45-3/h11-12,18-20,23-28,30,32,43H,4-10,13-17,21-22H2,1-3H3/b12-11-,33-23+. The molecule has 0 radical (unpaired) electrons. The molecule has 0 spiro atoms. The van der Waals surface area contributed by atoms with Crippen molar-refractivity contribution in [3.05, 3.63) is 84.3 Å². The molecule has 4 aromatic rings. The molecule has 238 valence electrons. The van der Waals surface area contributed by atoms with Gasteiger partial charge in [0, 0.05) is 40.7 Å². The largest absolute Gasteiger partial charge is 0.497 e. The number of nitriles is 1. The quantitative estimate of drug-likeness (QED) is 0.0618. The molecule has 5 nitrogen and oxygen atoms in total. The van der Waals surface area contributed by atoms with E-state index in [9.17, 15) is 5.26 Å². The van der Waals surface area contributed by atoms with Crippen LogP contribution in [0.25, 0.3) is 27.2 Å². The zero-order valence-electron chi connectivity index (χ0n) is 27.6. The van der Waals surface area contributed by atoms with Gasteiger partial charge in [0.05, 0.1) is 37.1 Å². The lowest BCUT2D eigenvalue weighted by Crippen LogP contribution is -2.03. The Bertz CT molecular complexity index is 1570. The van der Waals surface area contributed by atoms with Crippen LogP contribution in [0.15, 0.2) is 73.1 Å². The average molecular weight is 606 g/mol. The third-order valence-corrected chi connectivity index (χ3v) is 8.85. The molecule has 2 aromatic carbocycles. The molecule has 0 amide bonds. The molecule has 1 atom stereocenters. The minimum absolute atomic E-state index is 0.427. The van der Waals surface area contributed by atoms with Crippen LogP contribution in [-0.4, -0.2) is 24.2 Å². The van der Waals surface area contributed by atoms with Gasteiger partial charge in [-0.2, -0.15) is 5.26 Å². The highest BCUT2D eigenvalue weighted by atomic mass is 16.5. The first-order valence-electron chi connectivity index (χ1n) is 17.0. The van der Waals surface area contributed by atoms with Crippen molar-refractivity contribution in [2.45, 2.75) is 103 Å². The second kappa shape index (κ2) is 18.7. The Hall–Kier alpha value is -4.04. The second-order valence-corrected chi connectivity index (χ2v) is 12.0. The highest BCUT2D eigenvalue weighted by molar-refractivity contribution is 5.99. The van der Waals surface area contributed by atoms with Crippen LogP contribution in [0.5, 0.6) is 11.5 Å². The van der Waals surface area contributed by atoms with E-state index in [-0.39, 0.29) is 0 Å². The minimum atomic E-state index is 0.427. The molecule has 4 rings (SSSR count). The van der Waals surface area contributed by atoms with Gasteiger partial charge in [0.2, 0.25) is 0 Å². The van der Waals surface area contributed by atoms with Crippen LogP contribution in [0.1, 0.15) is 114 Å². The van der Waals surface area contributed by atoms with Crippen LogP contribution < -0.4 is 9.47 Å². The average Bonchev–Trinajstić information content (AvgIpc) is 3.51. The molecule has 1 N–H and O–H groups in total. The number of rotatable bonds is 20. The monoisotopic (exact) mass is 605 g/mol. The zero-order chi connectivity index (χ0) is 31.7. The van der Waals surface area contributed by atoms with Gasteiger partial charge in [-0.05, 0) is 68.9 Å². The lowest BCUT2D eigenvalue weighted by Gasteiger charge is -2.18. The minimum Gasteiger partial charge on any atom is -0.497 e. The molecule has 0 aliphatic rings. The summed E-state index contributed by atoms with van der Waals surface area (Å²) >= 11 is 0. The fourth-order valence-corrected chi connectivity index (χ4v) is 6.32. The summed E-state index contributed by atoms with van der Waals surface area (Å²) in [5.74, 6) is 1.84. The summed E-state index contributed by atoms with van der Waals surface area (Å²) < 4.78 is 11.0. The van der Waals surface area contributed by atoms with E-state index in [1.807, 2.05) is 24.5 Å². The first-order chi connectivity index (χ1) is 22.2. The molecule has 5 heteroatoms. The maximum atomic E-state index is 10.0. The number of aromatic nitrogens is 2. The van der Waals surface area contributed by atoms with Gasteiger partial charge in [0.15, 0.2) is 0 Å². The highest BCUT2D eigenvalue weighted by Gasteiger charge is 2.16. The van der Waals surface area contributed by atoms with E-state index in [4.69, 9.17) is 14.5 Å². The number of pyridine rings is 1. The zero-order valence-corrected chi connectivity index (χ0v) is 27.6. The molecule has 1 unspecified atom stereocenters. The Balaban J connectivity index is 1.35. The number of ether oxygens (including phenoxy) is 2. The van der Waals surface area contributed by atoms with Crippen LogP contribution >= 0.6 is 0 Å². The molecule has 2 aromatic heterocycles. The molecule has 0 fully saturated rings. The first kappa shape index (κ1) is 33.8. The van der Waals surface area contributed by atoms with Crippen LogP contribution in [0.4, 0.5) is 0 Å². The van der Waals surface area contributed by atoms with Gasteiger partial charge in [-0.1, -0.05) is 87.9 Å². The van der Waals surface area contributed by atoms with Crippen LogP contribution in [0, 0.1) is 11.3 Å². The maximum Gasteiger partial charge on any atom is 0.146 e. The summed E-state index contributed by atoms with van der Waals surface area (Å²) in [5, 5.41) is 13.5. The van der Waals surface area contributed by atoms with Crippen molar-refractivity contribution < 1.29 is 9.47 Å². The van der Waals surface area contributed by atoms with Crippen molar-refractivity contribution in [3.63, 3.8) is 0 Å². The predicted octanol–water partition coefficient (Wildman–Crippen LogP) is 11.5. The fourth-order valence-electron chi connectivity index (χ4n) is 6.32. The number of unbranched alkanes of at least 4 members (excludes halogenated alkanes) is 9. The van der Waals surface area contributed by atoms with E-state index < -0.39 is 0 Å². The van der Waals surface area contributed by atoms with Crippen molar-refractivity contribution in [3.8, 4) is 17.6 Å². The topological polar surface area (TPSA) is 70.9 Å². The van der Waals surface area contributed by atoms with Crippen molar-refractivity contribution in [1.29, 1.82) is 5.26 Å². The number of aromatic amines is 1. The van der Waals surface area contributed by atoms with E-state index in [1.165, 1.54) is 67.8 Å². The number of nitrogens with zero attached hydrogens (tertiary/aromatic N) is 2. The number of nitrogens with one attached hydrogen (secondary N) is 1. The summed E-state index contributed by atoms with van der Waals surface area (Å²) in [6.45, 7) is 2.27. The Morgan fingerprint density at radius 3 is 2.42 bits per heavy atom. The molecule has 45 heavy (non-hydrogen) atoms. The summed E-state index contributed by atoms with van der Waals surface area (Å²) in [5.41, 5.74) is 3.67. The third kappa shape index (κ3) is 9.72. The number of fused-ring (bicyclic) bond motifs is 2. The van der Waals surface area contributed by atoms with Gasteiger partial charge in [-0.25, -0.2) is 0 Å². The van der Waals surface area contributed by atoms with Crippen molar-refractivity contribution in [2.75, 3.05) is 14.2 Å². The summed E-state index contributed by atoms with van der Waals surface area (Å²) in [6, 6.07) is 17.0.